The number of likely N-dealkylation sites (tertiary alicyclic amines) is 1. The molecule has 1 aromatic heterocycles. The summed E-state index contributed by atoms with van der Waals surface area (Å²) in [6.45, 7) is 2.74. The number of hydrogen-bond donors (Lipinski definition) is 2. The van der Waals surface area contributed by atoms with E-state index in [-0.39, 0.29) is 23.8 Å². The molecule has 24 heavy (non-hydrogen) atoms. The van der Waals surface area contributed by atoms with Crippen molar-refractivity contribution in [1.29, 1.82) is 0 Å². The summed E-state index contributed by atoms with van der Waals surface area (Å²) in [4.78, 5) is 26.3. The minimum absolute atomic E-state index is 0.104. The van der Waals surface area contributed by atoms with Crippen molar-refractivity contribution >= 4 is 11.8 Å². The summed E-state index contributed by atoms with van der Waals surface area (Å²) < 4.78 is 4.88. The molecule has 6 nitrogen and oxygen atoms in total. The Hall–Kier alpha value is -2.60. The van der Waals surface area contributed by atoms with Crippen molar-refractivity contribution in [2.45, 2.75) is 24.9 Å². The molecule has 6 heteroatoms. The molecule has 1 aliphatic rings. The second-order valence-corrected chi connectivity index (χ2v) is 6.13. The van der Waals surface area contributed by atoms with Gasteiger partial charge in [-0.3, -0.25) is 9.59 Å². The van der Waals surface area contributed by atoms with E-state index in [1.54, 1.807) is 17.9 Å². The molecule has 0 bridgehead atoms. The first-order valence-corrected chi connectivity index (χ1v) is 7.98. The second kappa shape index (κ2) is 6.88. The maximum atomic E-state index is 12.6. The quantitative estimate of drug-likeness (QED) is 0.887. The van der Waals surface area contributed by atoms with Crippen LogP contribution >= 0.6 is 0 Å². The number of hydrogen-bond acceptors (Lipinski definition) is 4. The number of nitrogens with zero attached hydrogens (tertiary/aromatic N) is 1. The van der Waals surface area contributed by atoms with E-state index in [9.17, 15) is 9.59 Å². The minimum Gasteiger partial charge on any atom is -0.472 e. The number of nitrogens with one attached hydrogen (secondary N) is 1. The third-order valence-electron chi connectivity index (χ3n) is 4.41. The van der Waals surface area contributed by atoms with Crippen LogP contribution in [0.5, 0.6) is 0 Å². The van der Waals surface area contributed by atoms with Gasteiger partial charge in [0.15, 0.2) is 0 Å². The molecule has 2 aromatic rings. The van der Waals surface area contributed by atoms with Gasteiger partial charge in [0.25, 0.3) is 5.91 Å². The zero-order valence-electron chi connectivity index (χ0n) is 13.5. The van der Waals surface area contributed by atoms with Crippen LogP contribution in [0, 0.1) is 0 Å². The third kappa shape index (κ3) is 3.33. The van der Waals surface area contributed by atoms with Gasteiger partial charge in [0.05, 0.1) is 11.8 Å². The first-order valence-electron chi connectivity index (χ1n) is 7.98. The molecule has 3 rings (SSSR count). The van der Waals surface area contributed by atoms with Crippen LogP contribution in [0.3, 0.4) is 0 Å². The maximum absolute atomic E-state index is 12.6. The van der Waals surface area contributed by atoms with Gasteiger partial charge in [-0.25, -0.2) is 0 Å². The number of amides is 2. The summed E-state index contributed by atoms with van der Waals surface area (Å²) in [5, 5.41) is 2.70. The van der Waals surface area contributed by atoms with Gasteiger partial charge in [0.1, 0.15) is 12.3 Å². The van der Waals surface area contributed by atoms with Crippen LogP contribution < -0.4 is 11.1 Å². The van der Waals surface area contributed by atoms with Gasteiger partial charge >= 0.3 is 0 Å². The molecular formula is C18H21N3O3. The molecule has 1 saturated heterocycles. The Kier molecular flexibility index (Phi) is 4.66. The van der Waals surface area contributed by atoms with Gasteiger partial charge in [0, 0.05) is 25.0 Å². The number of nitrogens with two attached hydrogens (primary N) is 1. The largest absolute Gasteiger partial charge is 0.472 e. The van der Waals surface area contributed by atoms with E-state index in [0.29, 0.717) is 18.7 Å². The lowest BCUT2D eigenvalue weighted by Gasteiger charge is -2.21. The van der Waals surface area contributed by atoms with Crippen molar-refractivity contribution < 1.29 is 14.0 Å². The summed E-state index contributed by atoms with van der Waals surface area (Å²) in [5.74, 6) is -0.333. The maximum Gasteiger partial charge on any atom is 0.255 e. The topological polar surface area (TPSA) is 88.6 Å². The van der Waals surface area contributed by atoms with Gasteiger partial charge in [-0.15, -0.1) is 0 Å². The Labute approximate surface area is 140 Å². The predicted octanol–water partition coefficient (Wildman–Crippen LogP) is 1.35. The molecule has 2 amide bonds. The lowest BCUT2D eigenvalue weighted by molar-refractivity contribution is -0.131. The van der Waals surface area contributed by atoms with E-state index >= 15 is 0 Å². The Morgan fingerprint density at radius 2 is 2.00 bits per heavy atom. The van der Waals surface area contributed by atoms with E-state index in [0.717, 1.165) is 5.56 Å². The normalized spacial score (nSPS) is 21.5. The first-order chi connectivity index (χ1) is 11.6. The molecule has 1 fully saturated rings. The Morgan fingerprint density at radius 3 is 2.67 bits per heavy atom. The minimum atomic E-state index is -0.617. The molecule has 3 N–H and O–H groups in total. The number of carbonyl (C=O) groups excluding carboxylic acids is 2. The highest BCUT2D eigenvalue weighted by atomic mass is 16.3. The number of rotatable bonds is 4. The van der Waals surface area contributed by atoms with E-state index in [1.165, 1.54) is 12.5 Å². The number of furan rings is 1. The fraction of sp³-hybridized carbons (Fsp3) is 0.333. The summed E-state index contributed by atoms with van der Waals surface area (Å²) in [5.41, 5.74) is 7.76. The van der Waals surface area contributed by atoms with Gasteiger partial charge in [0.2, 0.25) is 5.91 Å². The molecule has 1 unspecified atom stereocenters. The molecule has 0 aliphatic carbocycles. The van der Waals surface area contributed by atoms with E-state index in [1.807, 2.05) is 30.3 Å². The van der Waals surface area contributed by atoms with Crippen LogP contribution in [0.2, 0.25) is 0 Å². The highest BCUT2D eigenvalue weighted by Crippen LogP contribution is 2.26. The van der Waals surface area contributed by atoms with Gasteiger partial charge in [-0.1, -0.05) is 30.3 Å². The molecule has 0 saturated carbocycles. The summed E-state index contributed by atoms with van der Waals surface area (Å²) >= 11 is 0. The second-order valence-electron chi connectivity index (χ2n) is 6.13. The van der Waals surface area contributed by atoms with Crippen LogP contribution in [-0.4, -0.2) is 41.9 Å². The summed E-state index contributed by atoms with van der Waals surface area (Å²) in [6.07, 6.45) is 2.77. The van der Waals surface area contributed by atoms with E-state index in [4.69, 9.17) is 10.2 Å². The smallest absolute Gasteiger partial charge is 0.255 e. The van der Waals surface area contributed by atoms with Crippen molar-refractivity contribution in [3.05, 3.63) is 60.1 Å². The molecule has 2 heterocycles. The summed E-state index contributed by atoms with van der Waals surface area (Å²) in [7, 11) is 0. The van der Waals surface area contributed by atoms with Crippen molar-refractivity contribution in [2.24, 2.45) is 5.73 Å². The van der Waals surface area contributed by atoms with Crippen molar-refractivity contribution in [3.63, 3.8) is 0 Å². The molecular weight excluding hydrogens is 306 g/mol. The molecule has 1 aliphatic heterocycles. The van der Waals surface area contributed by atoms with Gasteiger partial charge in [-0.05, 0) is 18.6 Å². The number of benzene rings is 1. The Bertz CT molecular complexity index is 700. The van der Waals surface area contributed by atoms with Crippen LogP contribution in [-0.2, 0) is 4.79 Å². The molecule has 3 atom stereocenters. The van der Waals surface area contributed by atoms with E-state index in [2.05, 4.69) is 5.32 Å². The number of carbonyl (C=O) groups is 2. The highest BCUT2D eigenvalue weighted by Gasteiger charge is 2.35. The average molecular weight is 327 g/mol. The van der Waals surface area contributed by atoms with Crippen molar-refractivity contribution in [3.8, 4) is 0 Å². The monoisotopic (exact) mass is 327 g/mol. The zero-order valence-corrected chi connectivity index (χ0v) is 13.5. The fourth-order valence-electron chi connectivity index (χ4n) is 3.07. The van der Waals surface area contributed by atoms with Crippen LogP contribution in [0.1, 0.15) is 28.8 Å². The predicted molar refractivity (Wildman–Crippen MR) is 89.4 cm³/mol. The lowest BCUT2D eigenvalue weighted by Crippen LogP contribution is -2.46. The SMILES string of the molecule is CC(NC(=O)c1ccoc1)C(=O)N1C[C@@H](N)[C@H](c2ccccc2)C1. The Morgan fingerprint density at radius 1 is 1.25 bits per heavy atom. The standard InChI is InChI=1S/C18H21N3O3/c1-12(20-17(22)14-7-8-24-11-14)18(23)21-9-15(16(19)10-21)13-5-3-2-4-6-13/h2-8,11-12,15-16H,9-10,19H2,1H3,(H,20,22)/t12?,15-,16+/m0/s1. The Balaban J connectivity index is 1.62. The van der Waals surface area contributed by atoms with Crippen LogP contribution in [0.4, 0.5) is 0 Å². The van der Waals surface area contributed by atoms with Crippen molar-refractivity contribution in [1.82, 2.24) is 10.2 Å². The van der Waals surface area contributed by atoms with Crippen molar-refractivity contribution in [2.75, 3.05) is 13.1 Å². The first kappa shape index (κ1) is 16.3. The summed E-state index contributed by atoms with van der Waals surface area (Å²) in [6, 6.07) is 10.8. The lowest BCUT2D eigenvalue weighted by atomic mass is 9.95. The van der Waals surface area contributed by atoms with E-state index < -0.39 is 6.04 Å². The van der Waals surface area contributed by atoms with Gasteiger partial charge < -0.3 is 20.4 Å². The molecule has 1 aromatic carbocycles. The third-order valence-corrected chi connectivity index (χ3v) is 4.41. The highest BCUT2D eigenvalue weighted by molar-refractivity contribution is 5.97. The fourth-order valence-corrected chi connectivity index (χ4v) is 3.07. The average Bonchev–Trinajstić information content (AvgIpc) is 3.24. The molecule has 0 radical (unpaired) electrons. The zero-order chi connectivity index (χ0) is 17.1. The molecule has 126 valence electrons. The van der Waals surface area contributed by atoms with Gasteiger partial charge in [-0.2, -0.15) is 0 Å². The van der Waals surface area contributed by atoms with Crippen LogP contribution in [0.15, 0.2) is 53.3 Å². The molecule has 0 spiro atoms. The van der Waals surface area contributed by atoms with Crippen LogP contribution in [0.25, 0.3) is 0 Å².